The van der Waals surface area contributed by atoms with Gasteiger partial charge in [-0.3, -0.25) is 4.79 Å². The third-order valence-electron chi connectivity index (χ3n) is 3.47. The Kier molecular flexibility index (Phi) is 4.73. The van der Waals surface area contributed by atoms with Gasteiger partial charge in [-0.05, 0) is 12.8 Å². The zero-order valence-corrected chi connectivity index (χ0v) is 11.4. The molecule has 1 fully saturated rings. The van der Waals surface area contributed by atoms with Gasteiger partial charge in [0.25, 0.3) is 0 Å². The van der Waals surface area contributed by atoms with E-state index in [4.69, 9.17) is 9.84 Å². The van der Waals surface area contributed by atoms with Crippen molar-refractivity contribution < 1.29 is 19.4 Å². The summed E-state index contributed by atoms with van der Waals surface area (Å²) in [6.45, 7) is 3.59. The molecule has 1 amide bonds. The fourth-order valence-electron chi connectivity index (χ4n) is 2.38. The van der Waals surface area contributed by atoms with Gasteiger partial charge in [-0.1, -0.05) is 6.92 Å². The molecule has 7 nitrogen and oxygen atoms in total. The lowest BCUT2D eigenvalue weighted by atomic mass is 9.99. The van der Waals surface area contributed by atoms with Gasteiger partial charge in [-0.2, -0.15) is 0 Å². The highest BCUT2D eigenvalue weighted by molar-refractivity contribution is 5.84. The van der Waals surface area contributed by atoms with Gasteiger partial charge in [-0.15, -0.1) is 0 Å². The molecule has 0 aliphatic carbocycles. The van der Waals surface area contributed by atoms with E-state index in [0.717, 1.165) is 12.8 Å². The van der Waals surface area contributed by atoms with E-state index in [0.29, 0.717) is 19.7 Å². The van der Waals surface area contributed by atoms with Gasteiger partial charge in [0, 0.05) is 25.9 Å². The Hall–Kier alpha value is -1.89. The lowest BCUT2D eigenvalue weighted by molar-refractivity contribution is -0.126. The fourth-order valence-corrected chi connectivity index (χ4v) is 2.38. The molecule has 2 rings (SSSR count). The van der Waals surface area contributed by atoms with E-state index in [2.05, 4.69) is 10.3 Å². The van der Waals surface area contributed by atoms with Crippen LogP contribution in [0.25, 0.3) is 0 Å². The predicted octanol–water partition coefficient (Wildman–Crippen LogP) is 0.513. The lowest BCUT2D eigenvalue weighted by Crippen LogP contribution is -2.36. The Labute approximate surface area is 116 Å². The monoisotopic (exact) mass is 281 g/mol. The molecule has 1 aliphatic rings. The average Bonchev–Trinajstić information content (AvgIpc) is 3.07. The second kappa shape index (κ2) is 6.51. The van der Waals surface area contributed by atoms with E-state index in [-0.39, 0.29) is 23.6 Å². The first kappa shape index (κ1) is 14.5. The van der Waals surface area contributed by atoms with Crippen LogP contribution in [0.3, 0.4) is 0 Å². The van der Waals surface area contributed by atoms with Crippen LogP contribution in [0, 0.1) is 5.92 Å². The molecule has 0 bridgehead atoms. The number of imidazole rings is 1. The summed E-state index contributed by atoms with van der Waals surface area (Å²) < 4.78 is 7.13. The van der Waals surface area contributed by atoms with Crippen LogP contribution in [-0.4, -0.2) is 45.8 Å². The average molecular weight is 281 g/mol. The summed E-state index contributed by atoms with van der Waals surface area (Å²) in [4.78, 5) is 26.4. The number of carboxylic acids is 1. The molecular weight excluding hydrogens is 262 g/mol. The number of nitrogens with one attached hydrogen (secondary N) is 1. The standard InChI is InChI=1S/C13H19N3O4/c1-2-11-9(3-6-20-11)12(17)14-4-5-16-7-10(13(18)19)15-8-16/h7-9,11H,2-6H2,1H3,(H,14,17)(H,18,19). The van der Waals surface area contributed by atoms with Crippen LogP contribution < -0.4 is 5.32 Å². The largest absolute Gasteiger partial charge is 0.476 e. The molecule has 1 saturated heterocycles. The molecule has 0 saturated carbocycles. The minimum absolute atomic E-state index is 0.00608. The molecule has 7 heteroatoms. The maximum Gasteiger partial charge on any atom is 0.356 e. The van der Waals surface area contributed by atoms with Gasteiger partial charge in [0.15, 0.2) is 5.69 Å². The highest BCUT2D eigenvalue weighted by Crippen LogP contribution is 2.23. The number of hydrogen-bond acceptors (Lipinski definition) is 4. The van der Waals surface area contributed by atoms with Crippen LogP contribution in [0.2, 0.25) is 0 Å². The number of carbonyl (C=O) groups excluding carboxylic acids is 1. The summed E-state index contributed by atoms with van der Waals surface area (Å²) >= 11 is 0. The highest BCUT2D eigenvalue weighted by Gasteiger charge is 2.32. The number of ether oxygens (including phenoxy) is 1. The Balaban J connectivity index is 1.77. The number of hydrogen-bond donors (Lipinski definition) is 2. The van der Waals surface area contributed by atoms with E-state index in [1.807, 2.05) is 6.92 Å². The molecule has 0 spiro atoms. The summed E-state index contributed by atoms with van der Waals surface area (Å²) in [5.74, 6) is -1.12. The number of nitrogens with zero attached hydrogens (tertiary/aromatic N) is 2. The number of rotatable bonds is 6. The minimum atomic E-state index is -1.05. The van der Waals surface area contributed by atoms with Gasteiger partial charge < -0.3 is 19.7 Å². The highest BCUT2D eigenvalue weighted by atomic mass is 16.5. The van der Waals surface area contributed by atoms with E-state index in [1.54, 1.807) is 4.57 Å². The van der Waals surface area contributed by atoms with Crippen molar-refractivity contribution in [3.05, 3.63) is 18.2 Å². The first-order valence-electron chi connectivity index (χ1n) is 6.76. The number of carbonyl (C=O) groups is 2. The van der Waals surface area contributed by atoms with Gasteiger partial charge >= 0.3 is 5.97 Å². The SMILES string of the molecule is CCC1OCCC1C(=O)NCCn1cnc(C(=O)O)c1. The molecule has 20 heavy (non-hydrogen) atoms. The Morgan fingerprint density at radius 3 is 3.05 bits per heavy atom. The van der Waals surface area contributed by atoms with Gasteiger partial charge in [-0.25, -0.2) is 9.78 Å². The smallest absolute Gasteiger partial charge is 0.356 e. The van der Waals surface area contributed by atoms with Crippen LogP contribution in [0.5, 0.6) is 0 Å². The van der Waals surface area contributed by atoms with Crippen LogP contribution in [0.15, 0.2) is 12.5 Å². The molecule has 0 aromatic carbocycles. The number of aromatic carboxylic acids is 1. The summed E-state index contributed by atoms with van der Waals surface area (Å²) in [7, 11) is 0. The zero-order chi connectivity index (χ0) is 14.5. The quantitative estimate of drug-likeness (QED) is 0.792. The van der Waals surface area contributed by atoms with Crippen LogP contribution in [0.4, 0.5) is 0 Å². The molecule has 1 aromatic rings. The Bertz CT molecular complexity index is 486. The second-order valence-electron chi connectivity index (χ2n) is 4.81. The van der Waals surface area contributed by atoms with Crippen molar-refractivity contribution in [2.24, 2.45) is 5.92 Å². The van der Waals surface area contributed by atoms with E-state index in [9.17, 15) is 9.59 Å². The maximum absolute atomic E-state index is 12.0. The Morgan fingerprint density at radius 2 is 2.40 bits per heavy atom. The fraction of sp³-hybridized carbons (Fsp3) is 0.615. The van der Waals surface area contributed by atoms with Crippen molar-refractivity contribution >= 4 is 11.9 Å². The third-order valence-corrected chi connectivity index (χ3v) is 3.47. The summed E-state index contributed by atoms with van der Waals surface area (Å²) in [5, 5.41) is 11.6. The summed E-state index contributed by atoms with van der Waals surface area (Å²) in [6, 6.07) is 0. The number of amides is 1. The lowest BCUT2D eigenvalue weighted by Gasteiger charge is -2.16. The summed E-state index contributed by atoms with van der Waals surface area (Å²) in [5.41, 5.74) is 0.00608. The van der Waals surface area contributed by atoms with E-state index in [1.165, 1.54) is 12.5 Å². The van der Waals surface area contributed by atoms with Crippen molar-refractivity contribution in [3.63, 3.8) is 0 Å². The third kappa shape index (κ3) is 3.36. The van der Waals surface area contributed by atoms with Gasteiger partial charge in [0.05, 0.1) is 18.3 Å². The predicted molar refractivity (Wildman–Crippen MR) is 70.3 cm³/mol. The zero-order valence-electron chi connectivity index (χ0n) is 11.4. The first-order chi connectivity index (χ1) is 9.61. The van der Waals surface area contributed by atoms with Crippen LogP contribution >= 0.6 is 0 Å². The van der Waals surface area contributed by atoms with Crippen molar-refractivity contribution in [2.45, 2.75) is 32.4 Å². The van der Waals surface area contributed by atoms with E-state index < -0.39 is 5.97 Å². The summed E-state index contributed by atoms with van der Waals surface area (Å²) in [6.07, 6.45) is 4.51. The first-order valence-corrected chi connectivity index (χ1v) is 6.76. The van der Waals surface area contributed by atoms with Crippen LogP contribution in [0.1, 0.15) is 30.3 Å². The molecule has 2 atom stereocenters. The van der Waals surface area contributed by atoms with Crippen LogP contribution in [-0.2, 0) is 16.1 Å². The molecule has 1 aromatic heterocycles. The molecule has 110 valence electrons. The van der Waals surface area contributed by atoms with E-state index >= 15 is 0 Å². The molecule has 2 N–H and O–H groups in total. The van der Waals surface area contributed by atoms with Gasteiger partial charge in [0.2, 0.25) is 5.91 Å². The maximum atomic E-state index is 12.0. The Morgan fingerprint density at radius 1 is 1.60 bits per heavy atom. The molecule has 2 heterocycles. The van der Waals surface area contributed by atoms with Crippen molar-refractivity contribution in [1.29, 1.82) is 0 Å². The number of carboxylic acid groups (broad SMARTS) is 1. The minimum Gasteiger partial charge on any atom is -0.476 e. The van der Waals surface area contributed by atoms with Crippen molar-refractivity contribution in [1.82, 2.24) is 14.9 Å². The van der Waals surface area contributed by atoms with Crippen molar-refractivity contribution in [2.75, 3.05) is 13.2 Å². The number of aromatic nitrogens is 2. The molecule has 0 radical (unpaired) electrons. The topological polar surface area (TPSA) is 93.5 Å². The molecular formula is C13H19N3O4. The molecule has 1 aliphatic heterocycles. The van der Waals surface area contributed by atoms with Crippen molar-refractivity contribution in [3.8, 4) is 0 Å². The second-order valence-corrected chi connectivity index (χ2v) is 4.81. The van der Waals surface area contributed by atoms with Gasteiger partial charge in [0.1, 0.15) is 0 Å². The normalized spacial score (nSPS) is 21.9. The molecule has 2 unspecified atom stereocenters.